The van der Waals surface area contributed by atoms with Gasteiger partial charge in [-0.3, -0.25) is 4.68 Å². The fourth-order valence-electron chi connectivity index (χ4n) is 3.22. The lowest BCUT2D eigenvalue weighted by Crippen LogP contribution is -2.49. The van der Waals surface area contributed by atoms with E-state index in [2.05, 4.69) is 5.10 Å². The standard InChI is InChI=1S/C21H34BF3N3O4/c1-13-15(22-32-20(7,8)19(5,6)30)16(21(23,24)25)28(26-13)14-9-11-27(12-10-14)17(29)31-18(2,3)4/h14,30H,9-12H2,1-8H3. The quantitative estimate of drug-likeness (QED) is 0.680. The van der Waals surface area contributed by atoms with Crippen molar-refractivity contribution in [3.05, 3.63) is 11.4 Å². The largest absolute Gasteiger partial charge is 0.444 e. The second kappa shape index (κ2) is 8.89. The van der Waals surface area contributed by atoms with Crippen molar-refractivity contribution in [3.8, 4) is 0 Å². The van der Waals surface area contributed by atoms with Crippen LogP contribution in [-0.4, -0.2) is 63.3 Å². The molecule has 0 bridgehead atoms. The highest BCUT2D eigenvalue weighted by molar-refractivity contribution is 6.48. The molecule has 2 heterocycles. The molecule has 1 fully saturated rings. The SMILES string of the molecule is Cc1nn(C2CCN(C(=O)OC(C)(C)C)CC2)c(C(F)(F)F)c1[B]OC(C)(C)C(C)(C)O. The number of ether oxygens (including phenoxy) is 1. The predicted octanol–water partition coefficient (Wildman–Crippen LogP) is 3.59. The molecule has 181 valence electrons. The van der Waals surface area contributed by atoms with Crippen molar-refractivity contribution in [1.82, 2.24) is 14.7 Å². The zero-order valence-electron chi connectivity index (χ0n) is 20.1. The van der Waals surface area contributed by atoms with Gasteiger partial charge in [-0.05, 0) is 68.2 Å². The van der Waals surface area contributed by atoms with Crippen molar-refractivity contribution in [3.63, 3.8) is 0 Å². The number of alkyl halides is 3. The highest BCUT2D eigenvalue weighted by Crippen LogP contribution is 2.34. The van der Waals surface area contributed by atoms with Crippen molar-refractivity contribution in [2.75, 3.05) is 13.1 Å². The predicted molar refractivity (Wildman–Crippen MR) is 115 cm³/mol. The molecule has 1 aromatic rings. The monoisotopic (exact) mass is 460 g/mol. The first-order chi connectivity index (χ1) is 14.3. The summed E-state index contributed by atoms with van der Waals surface area (Å²) >= 11 is 0. The molecule has 1 aliphatic rings. The Morgan fingerprint density at radius 1 is 1.09 bits per heavy atom. The maximum Gasteiger partial charge on any atom is 0.432 e. The number of aromatic nitrogens is 2. The van der Waals surface area contributed by atoms with Gasteiger partial charge in [0.1, 0.15) is 11.3 Å². The van der Waals surface area contributed by atoms with Gasteiger partial charge in [-0.2, -0.15) is 18.3 Å². The topological polar surface area (TPSA) is 76.8 Å². The number of hydrogen-bond donors (Lipinski definition) is 1. The van der Waals surface area contributed by atoms with Crippen LogP contribution in [0.4, 0.5) is 18.0 Å². The number of aryl methyl sites for hydroxylation is 1. The van der Waals surface area contributed by atoms with Crippen molar-refractivity contribution in [1.29, 1.82) is 0 Å². The number of piperidine rings is 1. The number of aliphatic hydroxyl groups is 1. The molecule has 1 N–H and O–H groups in total. The second-order valence-electron chi connectivity index (χ2n) is 10.3. The van der Waals surface area contributed by atoms with Crippen molar-refractivity contribution >= 4 is 19.0 Å². The van der Waals surface area contributed by atoms with Gasteiger partial charge in [0.25, 0.3) is 0 Å². The average Bonchev–Trinajstić information content (AvgIpc) is 2.94. The average molecular weight is 460 g/mol. The Hall–Kier alpha value is -1.75. The molecule has 0 spiro atoms. The van der Waals surface area contributed by atoms with Crippen LogP contribution in [-0.2, 0) is 15.6 Å². The molecule has 0 unspecified atom stereocenters. The Labute approximate surface area is 188 Å². The molecule has 1 saturated heterocycles. The second-order valence-corrected chi connectivity index (χ2v) is 10.3. The Balaban J connectivity index is 2.23. The van der Waals surface area contributed by atoms with Gasteiger partial charge in [0.15, 0.2) is 0 Å². The molecule has 0 saturated carbocycles. The molecule has 1 aromatic heterocycles. The van der Waals surface area contributed by atoms with Crippen molar-refractivity contribution in [2.24, 2.45) is 0 Å². The lowest BCUT2D eigenvalue weighted by atomic mass is 9.81. The minimum absolute atomic E-state index is 0.163. The van der Waals surface area contributed by atoms with Crippen LogP contribution in [0.1, 0.15) is 78.7 Å². The van der Waals surface area contributed by atoms with Crippen molar-refractivity contribution in [2.45, 2.75) is 97.3 Å². The van der Waals surface area contributed by atoms with Crippen LogP contribution >= 0.6 is 0 Å². The van der Waals surface area contributed by atoms with Crippen molar-refractivity contribution < 1.29 is 32.5 Å². The van der Waals surface area contributed by atoms with Gasteiger partial charge in [-0.15, -0.1) is 0 Å². The summed E-state index contributed by atoms with van der Waals surface area (Å²) in [4.78, 5) is 13.8. The molecule has 0 atom stereocenters. The lowest BCUT2D eigenvalue weighted by Gasteiger charge is -2.37. The van der Waals surface area contributed by atoms with Crippen LogP contribution in [0.5, 0.6) is 0 Å². The number of halogens is 3. The van der Waals surface area contributed by atoms with E-state index in [0.717, 1.165) is 12.2 Å². The molecule has 1 amide bonds. The van der Waals surface area contributed by atoms with Gasteiger partial charge >= 0.3 is 19.8 Å². The summed E-state index contributed by atoms with van der Waals surface area (Å²) in [7, 11) is 1.04. The minimum Gasteiger partial charge on any atom is -0.444 e. The zero-order chi connectivity index (χ0) is 24.7. The fraction of sp³-hybridized carbons (Fsp3) is 0.810. The third-order valence-corrected chi connectivity index (χ3v) is 5.81. The Kier molecular flexibility index (Phi) is 7.36. The summed E-state index contributed by atoms with van der Waals surface area (Å²) in [5.74, 6) is 0. The van der Waals surface area contributed by atoms with Crippen LogP contribution in [0.25, 0.3) is 0 Å². The molecule has 0 aliphatic carbocycles. The van der Waals surface area contributed by atoms with Gasteiger partial charge < -0.3 is 19.4 Å². The van der Waals surface area contributed by atoms with E-state index < -0.39 is 40.8 Å². The van der Waals surface area contributed by atoms with E-state index in [9.17, 15) is 23.1 Å². The molecule has 0 aromatic carbocycles. The van der Waals surface area contributed by atoms with Crippen LogP contribution in [0.2, 0.25) is 0 Å². The number of rotatable bonds is 5. The van der Waals surface area contributed by atoms with E-state index >= 15 is 0 Å². The van der Waals surface area contributed by atoms with Gasteiger partial charge in [-0.1, -0.05) is 0 Å². The molecule has 32 heavy (non-hydrogen) atoms. The molecule has 1 aliphatic heterocycles. The third kappa shape index (κ3) is 6.18. The first-order valence-corrected chi connectivity index (χ1v) is 10.7. The summed E-state index contributed by atoms with van der Waals surface area (Å²) in [5.41, 5.74) is -3.92. The molecular weight excluding hydrogens is 426 g/mol. The zero-order valence-corrected chi connectivity index (χ0v) is 20.1. The molecule has 1 radical (unpaired) electrons. The van der Waals surface area contributed by atoms with E-state index in [-0.39, 0.29) is 24.2 Å². The number of likely N-dealkylation sites (tertiary alicyclic amines) is 1. The highest BCUT2D eigenvalue weighted by Gasteiger charge is 2.43. The summed E-state index contributed by atoms with van der Waals surface area (Å²) in [6.45, 7) is 13.6. The number of amides is 1. The van der Waals surface area contributed by atoms with Crippen LogP contribution in [0.3, 0.4) is 0 Å². The number of carbonyl (C=O) groups excluding carboxylic acids is 1. The van der Waals surface area contributed by atoms with E-state index in [1.54, 1.807) is 34.6 Å². The fourth-order valence-corrected chi connectivity index (χ4v) is 3.22. The van der Waals surface area contributed by atoms with E-state index in [4.69, 9.17) is 9.39 Å². The van der Waals surface area contributed by atoms with Gasteiger partial charge in [0.2, 0.25) is 0 Å². The lowest BCUT2D eigenvalue weighted by molar-refractivity contribution is -0.144. The summed E-state index contributed by atoms with van der Waals surface area (Å²) in [5, 5.41) is 14.4. The molecule has 11 heteroatoms. The molecule has 7 nitrogen and oxygen atoms in total. The van der Waals surface area contributed by atoms with E-state index in [1.807, 2.05) is 0 Å². The summed E-state index contributed by atoms with van der Waals surface area (Å²) < 4.78 is 54.1. The third-order valence-electron chi connectivity index (χ3n) is 5.81. The highest BCUT2D eigenvalue weighted by atomic mass is 19.4. The van der Waals surface area contributed by atoms with E-state index in [0.29, 0.717) is 12.8 Å². The van der Waals surface area contributed by atoms with Crippen LogP contribution in [0.15, 0.2) is 0 Å². The number of nitrogens with zero attached hydrogens (tertiary/aromatic N) is 3. The van der Waals surface area contributed by atoms with E-state index in [1.165, 1.54) is 25.7 Å². The van der Waals surface area contributed by atoms with Crippen LogP contribution in [0, 0.1) is 6.92 Å². The smallest absolute Gasteiger partial charge is 0.432 e. The first kappa shape index (κ1) is 26.5. The maximum absolute atomic E-state index is 14.1. The summed E-state index contributed by atoms with van der Waals surface area (Å²) in [6, 6.07) is -0.520. The normalized spacial score (nSPS) is 16.9. The Morgan fingerprint density at radius 2 is 1.62 bits per heavy atom. The number of hydrogen-bond acceptors (Lipinski definition) is 5. The molecule has 2 rings (SSSR count). The number of carbonyl (C=O) groups is 1. The van der Waals surface area contributed by atoms with Gasteiger partial charge in [-0.25, -0.2) is 4.79 Å². The molecular formula is C21H34BF3N3O4. The first-order valence-electron chi connectivity index (χ1n) is 10.7. The van der Waals surface area contributed by atoms with Crippen LogP contribution < -0.4 is 5.46 Å². The summed E-state index contributed by atoms with van der Waals surface area (Å²) in [6.07, 6.45) is -4.49. The van der Waals surface area contributed by atoms with Gasteiger partial charge in [0.05, 0.1) is 22.9 Å². The van der Waals surface area contributed by atoms with Gasteiger partial charge in [0, 0.05) is 18.6 Å². The Bertz CT molecular complexity index is 818. The minimum atomic E-state index is -4.66. The Morgan fingerprint density at radius 3 is 2.06 bits per heavy atom. The maximum atomic E-state index is 14.1.